The number of azide groups is 1. The Hall–Kier alpha value is -2.28. The summed E-state index contributed by atoms with van der Waals surface area (Å²) in [5, 5.41) is 18.9. The summed E-state index contributed by atoms with van der Waals surface area (Å²) < 4.78 is 1.52. The summed E-state index contributed by atoms with van der Waals surface area (Å²) in [6, 6.07) is 0. The maximum Gasteiger partial charge on any atom is 0.331 e. The van der Waals surface area contributed by atoms with E-state index in [1.807, 2.05) is 11.8 Å². The molecule has 20 heavy (non-hydrogen) atoms. The first kappa shape index (κ1) is 14.1. The molecule has 1 aliphatic rings. The van der Waals surface area contributed by atoms with Crippen molar-refractivity contribution in [3.8, 4) is 0 Å². The number of aryl methyl sites for hydroxylation is 1. The van der Waals surface area contributed by atoms with Crippen molar-refractivity contribution in [3.63, 3.8) is 0 Å². The molecule has 1 atom stereocenters. The molecule has 108 valence electrons. The molecule has 2 heterocycles. The largest absolute Gasteiger partial charge is 0.351 e. The van der Waals surface area contributed by atoms with Crippen LogP contribution >= 0.6 is 0 Å². The van der Waals surface area contributed by atoms with E-state index in [1.54, 1.807) is 7.05 Å². The maximum atomic E-state index is 11.1. The summed E-state index contributed by atoms with van der Waals surface area (Å²) in [5.41, 5.74) is 8.22. The van der Waals surface area contributed by atoms with Gasteiger partial charge in [-0.2, -0.15) is 5.10 Å². The standard InChI is InChI=1S/C11H17N7O2/c1-11(14-15-12)4-3-6-17(7-5-11)10-9(18(19)20)8-13-16(10)2/h8H,3-7H2,1-2H3. The molecule has 9 nitrogen and oxygen atoms in total. The van der Waals surface area contributed by atoms with Gasteiger partial charge >= 0.3 is 5.69 Å². The van der Waals surface area contributed by atoms with Gasteiger partial charge in [0.15, 0.2) is 0 Å². The Balaban J connectivity index is 2.25. The monoisotopic (exact) mass is 279 g/mol. The minimum absolute atomic E-state index is 0.0138. The molecule has 1 saturated heterocycles. The lowest BCUT2D eigenvalue weighted by Crippen LogP contribution is -2.29. The normalized spacial score (nSPS) is 23.0. The second kappa shape index (κ2) is 5.38. The zero-order valence-electron chi connectivity index (χ0n) is 11.6. The molecule has 0 aromatic carbocycles. The first-order chi connectivity index (χ1) is 9.47. The third-order valence-electron chi connectivity index (χ3n) is 3.73. The van der Waals surface area contributed by atoms with E-state index in [4.69, 9.17) is 5.53 Å². The lowest BCUT2D eigenvalue weighted by molar-refractivity contribution is -0.384. The molecule has 0 amide bonds. The minimum atomic E-state index is -0.420. The Kier molecular flexibility index (Phi) is 3.80. The SMILES string of the molecule is Cn1ncc([N+](=O)[O-])c1N1CCCC(C)(N=[N+]=[N-])CC1. The minimum Gasteiger partial charge on any atom is -0.351 e. The van der Waals surface area contributed by atoms with Crippen LogP contribution in [0.5, 0.6) is 0 Å². The van der Waals surface area contributed by atoms with Gasteiger partial charge in [0, 0.05) is 30.6 Å². The molecular weight excluding hydrogens is 262 g/mol. The molecule has 1 aliphatic heterocycles. The topological polar surface area (TPSA) is 113 Å². The molecular formula is C11H17N7O2. The lowest BCUT2D eigenvalue weighted by atomic mass is 9.94. The summed E-state index contributed by atoms with van der Waals surface area (Å²) >= 11 is 0. The van der Waals surface area contributed by atoms with E-state index in [-0.39, 0.29) is 5.69 Å². The number of nitrogens with zero attached hydrogens (tertiary/aromatic N) is 7. The predicted octanol–water partition coefficient (Wildman–Crippen LogP) is 2.39. The Bertz CT molecular complexity index is 563. The predicted molar refractivity (Wildman–Crippen MR) is 73.5 cm³/mol. The van der Waals surface area contributed by atoms with Gasteiger partial charge in [0.1, 0.15) is 6.20 Å². The molecule has 9 heteroatoms. The molecule has 0 saturated carbocycles. The van der Waals surface area contributed by atoms with Gasteiger partial charge in [0.05, 0.1) is 4.92 Å². The van der Waals surface area contributed by atoms with Gasteiger partial charge in [-0.1, -0.05) is 12.0 Å². The van der Waals surface area contributed by atoms with Crippen molar-refractivity contribution in [2.45, 2.75) is 31.7 Å². The van der Waals surface area contributed by atoms with Crippen LogP contribution in [0.3, 0.4) is 0 Å². The van der Waals surface area contributed by atoms with E-state index in [1.165, 1.54) is 10.9 Å². The summed E-state index contributed by atoms with van der Waals surface area (Å²) in [6.45, 7) is 3.22. The highest BCUT2D eigenvalue weighted by molar-refractivity contribution is 5.57. The highest BCUT2D eigenvalue weighted by Gasteiger charge is 2.31. The van der Waals surface area contributed by atoms with E-state index in [0.717, 1.165) is 12.8 Å². The van der Waals surface area contributed by atoms with Crippen LogP contribution < -0.4 is 4.90 Å². The third kappa shape index (κ3) is 2.67. The number of nitro groups is 1. The fraction of sp³-hybridized carbons (Fsp3) is 0.727. The van der Waals surface area contributed by atoms with Crippen molar-refractivity contribution >= 4 is 11.5 Å². The first-order valence-electron chi connectivity index (χ1n) is 6.44. The number of hydrogen-bond acceptors (Lipinski definition) is 5. The van der Waals surface area contributed by atoms with E-state index in [2.05, 4.69) is 15.1 Å². The molecule has 1 unspecified atom stereocenters. The van der Waals surface area contributed by atoms with Crippen LogP contribution in [0.1, 0.15) is 26.2 Å². The Labute approximate surface area is 115 Å². The fourth-order valence-electron chi connectivity index (χ4n) is 2.60. The zero-order valence-corrected chi connectivity index (χ0v) is 11.6. The van der Waals surface area contributed by atoms with E-state index in [9.17, 15) is 10.1 Å². The van der Waals surface area contributed by atoms with Gasteiger partial charge in [0.25, 0.3) is 0 Å². The van der Waals surface area contributed by atoms with Crippen LogP contribution in [-0.2, 0) is 7.05 Å². The smallest absolute Gasteiger partial charge is 0.331 e. The Morgan fingerprint density at radius 3 is 2.95 bits per heavy atom. The Morgan fingerprint density at radius 2 is 2.30 bits per heavy atom. The third-order valence-corrected chi connectivity index (χ3v) is 3.73. The van der Waals surface area contributed by atoms with Gasteiger partial charge in [-0.25, -0.2) is 4.68 Å². The van der Waals surface area contributed by atoms with Crippen molar-refractivity contribution in [2.75, 3.05) is 18.0 Å². The number of rotatable bonds is 3. The quantitative estimate of drug-likeness (QED) is 0.278. The van der Waals surface area contributed by atoms with Crippen molar-refractivity contribution in [3.05, 3.63) is 26.8 Å². The van der Waals surface area contributed by atoms with E-state index >= 15 is 0 Å². The summed E-state index contributed by atoms with van der Waals surface area (Å²) in [4.78, 5) is 15.5. The van der Waals surface area contributed by atoms with Gasteiger partial charge < -0.3 is 4.90 Å². The van der Waals surface area contributed by atoms with Gasteiger partial charge in [0.2, 0.25) is 5.82 Å². The summed E-state index contributed by atoms with van der Waals surface area (Å²) in [7, 11) is 1.69. The van der Waals surface area contributed by atoms with Gasteiger partial charge in [-0.15, -0.1) is 0 Å². The molecule has 1 aromatic rings. The van der Waals surface area contributed by atoms with Crippen LogP contribution in [0.2, 0.25) is 0 Å². The van der Waals surface area contributed by atoms with Crippen molar-refractivity contribution in [1.29, 1.82) is 0 Å². The van der Waals surface area contributed by atoms with Crippen molar-refractivity contribution in [2.24, 2.45) is 12.2 Å². The summed E-state index contributed by atoms with van der Waals surface area (Å²) in [6.07, 6.45) is 3.53. The highest BCUT2D eigenvalue weighted by atomic mass is 16.6. The Morgan fingerprint density at radius 1 is 1.55 bits per heavy atom. The molecule has 0 aliphatic carbocycles. The highest BCUT2D eigenvalue weighted by Crippen LogP contribution is 2.32. The summed E-state index contributed by atoms with van der Waals surface area (Å²) in [5.74, 6) is 0.514. The number of aromatic nitrogens is 2. The molecule has 0 N–H and O–H groups in total. The van der Waals surface area contributed by atoms with Crippen LogP contribution in [0.25, 0.3) is 10.4 Å². The number of hydrogen-bond donors (Lipinski definition) is 0. The van der Waals surface area contributed by atoms with Crippen LogP contribution in [-0.4, -0.2) is 33.3 Å². The number of anilines is 1. The second-order valence-corrected chi connectivity index (χ2v) is 5.26. The lowest BCUT2D eigenvalue weighted by Gasteiger charge is -2.23. The second-order valence-electron chi connectivity index (χ2n) is 5.26. The van der Waals surface area contributed by atoms with Gasteiger partial charge in [-0.3, -0.25) is 10.1 Å². The fourth-order valence-corrected chi connectivity index (χ4v) is 2.60. The molecule has 0 bridgehead atoms. The molecule has 2 rings (SSSR count). The van der Waals surface area contributed by atoms with Crippen LogP contribution in [0, 0.1) is 10.1 Å². The maximum absolute atomic E-state index is 11.1. The van der Waals surface area contributed by atoms with Crippen molar-refractivity contribution in [1.82, 2.24) is 9.78 Å². The zero-order chi connectivity index (χ0) is 14.8. The van der Waals surface area contributed by atoms with Crippen LogP contribution in [0.15, 0.2) is 11.3 Å². The molecule has 1 aromatic heterocycles. The first-order valence-corrected chi connectivity index (χ1v) is 6.44. The van der Waals surface area contributed by atoms with Gasteiger partial charge in [-0.05, 0) is 24.8 Å². The van der Waals surface area contributed by atoms with E-state index in [0.29, 0.717) is 25.3 Å². The molecule has 0 radical (unpaired) electrons. The van der Waals surface area contributed by atoms with E-state index < -0.39 is 10.5 Å². The average molecular weight is 279 g/mol. The van der Waals surface area contributed by atoms with Crippen LogP contribution in [0.4, 0.5) is 11.5 Å². The average Bonchev–Trinajstić information content (AvgIpc) is 2.66. The molecule has 0 spiro atoms. The molecule has 1 fully saturated rings. The van der Waals surface area contributed by atoms with Crippen molar-refractivity contribution < 1.29 is 4.92 Å².